The van der Waals surface area contributed by atoms with Crippen molar-refractivity contribution in [3.05, 3.63) is 30.1 Å². The molecule has 0 spiro atoms. The summed E-state index contributed by atoms with van der Waals surface area (Å²) in [5.41, 5.74) is 0.567. The third-order valence-corrected chi connectivity index (χ3v) is 3.53. The van der Waals surface area contributed by atoms with Crippen molar-refractivity contribution in [2.45, 2.75) is 39.5 Å². The van der Waals surface area contributed by atoms with Gasteiger partial charge in [-0.2, -0.15) is 0 Å². The van der Waals surface area contributed by atoms with Gasteiger partial charge in [-0.15, -0.1) is 0 Å². The van der Waals surface area contributed by atoms with E-state index < -0.39 is 11.4 Å². The van der Waals surface area contributed by atoms with Crippen LogP contribution in [-0.2, 0) is 10.2 Å². The molecule has 1 heterocycles. The lowest BCUT2D eigenvalue weighted by molar-refractivity contribution is -0.147. The van der Waals surface area contributed by atoms with E-state index in [0.29, 0.717) is 13.0 Å². The molecule has 19 heavy (non-hydrogen) atoms. The Hall–Kier alpha value is -1.42. The second-order valence-electron chi connectivity index (χ2n) is 6.24. The predicted octanol–water partition coefficient (Wildman–Crippen LogP) is 2.45. The Bertz CT molecular complexity index is 413. The van der Waals surface area contributed by atoms with Crippen LogP contribution >= 0.6 is 0 Å². The Morgan fingerprint density at radius 1 is 1.26 bits per heavy atom. The summed E-state index contributed by atoms with van der Waals surface area (Å²) in [6, 6.07) is 4.03. The number of hydrogen-bond donors (Lipinski definition) is 2. The van der Waals surface area contributed by atoms with Crippen LogP contribution in [0.5, 0.6) is 0 Å². The highest BCUT2D eigenvalue weighted by atomic mass is 16.4. The Balaban J connectivity index is 2.43. The van der Waals surface area contributed by atoms with E-state index in [1.807, 2.05) is 12.1 Å². The van der Waals surface area contributed by atoms with Crippen molar-refractivity contribution in [1.29, 1.82) is 0 Å². The van der Waals surface area contributed by atoms with E-state index in [9.17, 15) is 4.79 Å². The number of carboxylic acid groups (broad SMARTS) is 1. The van der Waals surface area contributed by atoms with Gasteiger partial charge >= 0.3 is 5.97 Å². The average Bonchev–Trinajstić information content (AvgIpc) is 2.36. The van der Waals surface area contributed by atoms with E-state index in [-0.39, 0.29) is 5.41 Å². The summed E-state index contributed by atoms with van der Waals surface area (Å²) in [7, 11) is 0. The molecule has 1 aromatic heterocycles. The summed E-state index contributed by atoms with van der Waals surface area (Å²) in [6.07, 6.45) is 4.21. The molecule has 0 saturated heterocycles. The molecule has 0 aromatic carbocycles. The highest BCUT2D eigenvalue weighted by Gasteiger charge is 2.27. The lowest BCUT2D eigenvalue weighted by Gasteiger charge is -2.26. The van der Waals surface area contributed by atoms with Gasteiger partial charge in [-0.25, -0.2) is 0 Å². The van der Waals surface area contributed by atoms with Gasteiger partial charge in [0, 0.05) is 24.4 Å². The van der Waals surface area contributed by atoms with E-state index in [2.05, 4.69) is 24.1 Å². The molecule has 0 unspecified atom stereocenters. The van der Waals surface area contributed by atoms with E-state index >= 15 is 0 Å². The molecule has 0 atom stereocenters. The number of carbonyl (C=O) groups is 1. The molecule has 4 nitrogen and oxygen atoms in total. The minimum atomic E-state index is -0.748. The Morgan fingerprint density at radius 2 is 1.84 bits per heavy atom. The maximum absolute atomic E-state index is 11.0. The third kappa shape index (κ3) is 4.63. The summed E-state index contributed by atoms with van der Waals surface area (Å²) in [6.45, 7) is 9.35. The van der Waals surface area contributed by atoms with Crippen LogP contribution in [0.1, 0.15) is 39.7 Å². The average molecular weight is 264 g/mol. The minimum Gasteiger partial charge on any atom is -0.481 e. The molecule has 2 N–H and O–H groups in total. The molecular formula is C15H24N2O2. The Morgan fingerprint density at radius 3 is 2.37 bits per heavy atom. The number of aliphatic carboxylic acids is 1. The van der Waals surface area contributed by atoms with Crippen LogP contribution in [0, 0.1) is 5.41 Å². The molecule has 106 valence electrons. The van der Waals surface area contributed by atoms with Crippen molar-refractivity contribution in [3.63, 3.8) is 0 Å². The van der Waals surface area contributed by atoms with Crippen molar-refractivity contribution in [2.24, 2.45) is 5.41 Å². The zero-order valence-corrected chi connectivity index (χ0v) is 12.2. The quantitative estimate of drug-likeness (QED) is 0.743. The number of carboxylic acids is 1. The van der Waals surface area contributed by atoms with Crippen LogP contribution in [0.2, 0.25) is 0 Å². The van der Waals surface area contributed by atoms with Gasteiger partial charge in [0.05, 0.1) is 5.41 Å². The lowest BCUT2D eigenvalue weighted by Crippen LogP contribution is -2.36. The molecule has 0 saturated carbocycles. The predicted molar refractivity (Wildman–Crippen MR) is 76.2 cm³/mol. The number of hydrogen-bond acceptors (Lipinski definition) is 3. The topological polar surface area (TPSA) is 62.2 Å². The van der Waals surface area contributed by atoms with Gasteiger partial charge in [-0.05, 0) is 44.5 Å². The SMILES string of the molecule is CC(C)(CCNCC(C)(C)c1ccncc1)C(=O)O. The number of nitrogens with one attached hydrogen (secondary N) is 1. The Kier molecular flexibility index (Phi) is 5.06. The van der Waals surface area contributed by atoms with E-state index in [0.717, 1.165) is 6.54 Å². The minimum absolute atomic E-state index is 0.0102. The van der Waals surface area contributed by atoms with Crippen molar-refractivity contribution in [1.82, 2.24) is 10.3 Å². The summed E-state index contributed by atoms with van der Waals surface area (Å²) in [4.78, 5) is 15.0. The first-order chi connectivity index (χ1) is 8.76. The van der Waals surface area contributed by atoms with Crippen molar-refractivity contribution in [3.8, 4) is 0 Å². The van der Waals surface area contributed by atoms with Crippen LogP contribution in [0.3, 0.4) is 0 Å². The van der Waals surface area contributed by atoms with E-state index in [1.165, 1.54) is 5.56 Å². The largest absolute Gasteiger partial charge is 0.481 e. The zero-order chi connectivity index (χ0) is 14.5. The van der Waals surface area contributed by atoms with Gasteiger partial charge in [0.25, 0.3) is 0 Å². The van der Waals surface area contributed by atoms with Crippen LogP contribution in [-0.4, -0.2) is 29.1 Å². The monoisotopic (exact) mass is 264 g/mol. The fourth-order valence-corrected chi connectivity index (χ4v) is 1.81. The van der Waals surface area contributed by atoms with Crippen LogP contribution in [0.15, 0.2) is 24.5 Å². The summed E-state index contributed by atoms with van der Waals surface area (Å²) in [5, 5.41) is 12.4. The molecule has 0 radical (unpaired) electrons. The molecule has 1 aromatic rings. The maximum atomic E-state index is 11.0. The van der Waals surface area contributed by atoms with Gasteiger partial charge in [0.2, 0.25) is 0 Å². The van der Waals surface area contributed by atoms with Crippen LogP contribution < -0.4 is 5.32 Å². The van der Waals surface area contributed by atoms with Crippen molar-refractivity contribution >= 4 is 5.97 Å². The van der Waals surface area contributed by atoms with E-state index in [4.69, 9.17) is 5.11 Å². The standard InChI is InChI=1S/C15H24N2O2/c1-14(2,13(18)19)7-10-17-11-15(3,4)12-5-8-16-9-6-12/h5-6,8-9,17H,7,10-11H2,1-4H3,(H,18,19). The van der Waals surface area contributed by atoms with Gasteiger partial charge < -0.3 is 10.4 Å². The third-order valence-electron chi connectivity index (χ3n) is 3.53. The van der Waals surface area contributed by atoms with Crippen molar-refractivity contribution < 1.29 is 9.90 Å². The molecule has 0 bridgehead atoms. The Labute approximate surface area is 115 Å². The molecule has 4 heteroatoms. The molecule has 0 aliphatic rings. The molecule has 0 fully saturated rings. The summed E-state index contributed by atoms with van der Waals surface area (Å²) < 4.78 is 0. The van der Waals surface area contributed by atoms with Crippen LogP contribution in [0.25, 0.3) is 0 Å². The second-order valence-corrected chi connectivity index (χ2v) is 6.24. The van der Waals surface area contributed by atoms with Gasteiger partial charge in [0.1, 0.15) is 0 Å². The van der Waals surface area contributed by atoms with Crippen LogP contribution in [0.4, 0.5) is 0 Å². The van der Waals surface area contributed by atoms with Crippen molar-refractivity contribution in [2.75, 3.05) is 13.1 Å². The lowest BCUT2D eigenvalue weighted by atomic mass is 9.85. The maximum Gasteiger partial charge on any atom is 0.309 e. The number of nitrogens with zero attached hydrogens (tertiary/aromatic N) is 1. The highest BCUT2D eigenvalue weighted by molar-refractivity contribution is 5.73. The number of aromatic nitrogens is 1. The highest BCUT2D eigenvalue weighted by Crippen LogP contribution is 2.22. The number of rotatable bonds is 7. The molecule has 1 rings (SSSR count). The van der Waals surface area contributed by atoms with Gasteiger partial charge in [-0.1, -0.05) is 13.8 Å². The summed E-state index contributed by atoms with van der Waals surface area (Å²) in [5.74, 6) is -0.748. The molecule has 0 amide bonds. The fraction of sp³-hybridized carbons (Fsp3) is 0.600. The van der Waals surface area contributed by atoms with Gasteiger partial charge in [-0.3, -0.25) is 9.78 Å². The molecule has 0 aliphatic heterocycles. The first-order valence-electron chi connectivity index (χ1n) is 6.60. The second kappa shape index (κ2) is 6.15. The number of pyridine rings is 1. The fourth-order valence-electron chi connectivity index (χ4n) is 1.81. The van der Waals surface area contributed by atoms with E-state index in [1.54, 1.807) is 26.2 Å². The first-order valence-corrected chi connectivity index (χ1v) is 6.60. The molecular weight excluding hydrogens is 240 g/mol. The normalized spacial score (nSPS) is 12.4. The summed E-state index contributed by atoms with van der Waals surface area (Å²) >= 11 is 0. The first kappa shape index (κ1) is 15.6. The zero-order valence-electron chi connectivity index (χ0n) is 12.2. The smallest absolute Gasteiger partial charge is 0.309 e. The van der Waals surface area contributed by atoms with Gasteiger partial charge in [0.15, 0.2) is 0 Å². The molecule has 0 aliphatic carbocycles.